The number of carbonyl (C=O) groups excluding carboxylic acids is 1. The Balaban J connectivity index is 1.38. The van der Waals surface area contributed by atoms with Crippen molar-refractivity contribution in [3.05, 3.63) is 17.5 Å². The smallest absolute Gasteiger partial charge is 0.184 e. The van der Waals surface area contributed by atoms with E-state index in [1.165, 1.54) is 6.42 Å². The van der Waals surface area contributed by atoms with Gasteiger partial charge in [0.15, 0.2) is 28.8 Å². The lowest BCUT2D eigenvalue weighted by Gasteiger charge is -2.45. The summed E-state index contributed by atoms with van der Waals surface area (Å²) < 4.78 is 11.8. The first-order valence-corrected chi connectivity index (χ1v) is 12.6. The molecule has 0 radical (unpaired) electrons. The topological polar surface area (TPSA) is 84.6 Å². The molecule has 6 rings (SSSR count). The second-order valence-corrected chi connectivity index (χ2v) is 10.3. The van der Waals surface area contributed by atoms with Crippen LogP contribution in [0.15, 0.2) is 10.7 Å². The molecule has 2 aromatic heterocycles. The molecule has 0 aromatic carbocycles. The number of ketones is 1. The van der Waals surface area contributed by atoms with E-state index in [2.05, 4.69) is 33.9 Å². The maximum absolute atomic E-state index is 13.0. The third-order valence-corrected chi connectivity index (χ3v) is 8.52. The molecule has 176 valence electrons. The van der Waals surface area contributed by atoms with Gasteiger partial charge in [-0.2, -0.15) is 0 Å². The Bertz CT molecular complexity index is 1070. The zero-order valence-electron chi connectivity index (χ0n) is 19.7. The molecule has 1 saturated heterocycles. The Morgan fingerprint density at radius 2 is 2.00 bits per heavy atom. The van der Waals surface area contributed by atoms with Crippen molar-refractivity contribution in [1.29, 1.82) is 0 Å². The van der Waals surface area contributed by atoms with Crippen LogP contribution >= 0.6 is 0 Å². The van der Waals surface area contributed by atoms with Gasteiger partial charge in [-0.1, -0.05) is 11.6 Å². The van der Waals surface area contributed by atoms with Crippen LogP contribution < -0.4 is 9.64 Å². The highest BCUT2D eigenvalue weighted by Gasteiger charge is 2.48. The standard InChI is InChI=1S/C25H33N5O3/c1-16-18(8-6-12-29(16)2)30-13-14-32-19-15-26-23(27-24(19)30)21-17-7-5-11-25(22(17)33-28-21)10-4-3-9-20(25)31/h15-16,18H,3-14H2,1-2H3/t16-,18-,25-/m1/s1. The van der Waals surface area contributed by atoms with Gasteiger partial charge in [0.2, 0.25) is 0 Å². The quantitative estimate of drug-likeness (QED) is 0.686. The van der Waals surface area contributed by atoms with Crippen LogP contribution in [0.2, 0.25) is 0 Å². The summed E-state index contributed by atoms with van der Waals surface area (Å²) in [5.41, 5.74) is 1.25. The van der Waals surface area contributed by atoms with Gasteiger partial charge in [-0.05, 0) is 65.5 Å². The highest BCUT2D eigenvalue weighted by Crippen LogP contribution is 2.47. The van der Waals surface area contributed by atoms with Crippen LogP contribution in [0, 0.1) is 0 Å². The first-order chi connectivity index (χ1) is 16.1. The predicted molar refractivity (Wildman–Crippen MR) is 124 cm³/mol. The number of carbonyl (C=O) groups is 1. The number of aromatic nitrogens is 3. The molecule has 0 amide bonds. The van der Waals surface area contributed by atoms with E-state index in [0.717, 1.165) is 80.9 Å². The van der Waals surface area contributed by atoms with Gasteiger partial charge in [-0.3, -0.25) is 4.79 Å². The molecule has 33 heavy (non-hydrogen) atoms. The molecular weight excluding hydrogens is 418 g/mol. The van der Waals surface area contributed by atoms with Gasteiger partial charge in [0.05, 0.1) is 18.2 Å². The number of hydrogen-bond acceptors (Lipinski definition) is 8. The van der Waals surface area contributed by atoms with Crippen molar-refractivity contribution < 1.29 is 14.1 Å². The molecule has 2 aromatic rings. The fourth-order valence-corrected chi connectivity index (χ4v) is 6.54. The Morgan fingerprint density at radius 3 is 2.88 bits per heavy atom. The van der Waals surface area contributed by atoms with Crippen LogP contribution in [-0.4, -0.2) is 64.6 Å². The van der Waals surface area contributed by atoms with Crippen LogP contribution in [0.3, 0.4) is 0 Å². The molecule has 4 heterocycles. The van der Waals surface area contributed by atoms with E-state index < -0.39 is 5.41 Å². The zero-order chi connectivity index (χ0) is 22.6. The van der Waals surface area contributed by atoms with E-state index >= 15 is 0 Å². The molecule has 0 N–H and O–H groups in total. The maximum Gasteiger partial charge on any atom is 0.184 e. The number of nitrogens with zero attached hydrogens (tertiary/aromatic N) is 5. The summed E-state index contributed by atoms with van der Waals surface area (Å²) in [6.45, 7) is 4.90. The number of rotatable bonds is 2. The second-order valence-electron chi connectivity index (χ2n) is 10.3. The van der Waals surface area contributed by atoms with Crippen LogP contribution in [0.4, 0.5) is 5.82 Å². The van der Waals surface area contributed by atoms with Crippen molar-refractivity contribution in [3.63, 3.8) is 0 Å². The van der Waals surface area contributed by atoms with Crippen molar-refractivity contribution in [2.24, 2.45) is 0 Å². The summed E-state index contributed by atoms with van der Waals surface area (Å²) in [5, 5.41) is 4.45. The maximum atomic E-state index is 13.0. The number of ether oxygens (including phenoxy) is 1. The first-order valence-electron chi connectivity index (χ1n) is 12.6. The molecule has 8 heteroatoms. The molecule has 3 atom stereocenters. The van der Waals surface area contributed by atoms with Crippen LogP contribution in [0.25, 0.3) is 11.5 Å². The lowest BCUT2D eigenvalue weighted by atomic mass is 9.64. The highest BCUT2D eigenvalue weighted by atomic mass is 16.5. The summed E-state index contributed by atoms with van der Waals surface area (Å²) in [7, 11) is 2.20. The molecule has 4 aliphatic rings. The predicted octanol–water partition coefficient (Wildman–Crippen LogP) is 3.53. The summed E-state index contributed by atoms with van der Waals surface area (Å²) >= 11 is 0. The number of hydrogen-bond donors (Lipinski definition) is 0. The van der Waals surface area contributed by atoms with E-state index in [-0.39, 0.29) is 0 Å². The molecule has 0 bridgehead atoms. The average molecular weight is 452 g/mol. The van der Waals surface area contributed by atoms with E-state index in [0.29, 0.717) is 42.4 Å². The number of Topliss-reactive ketones (excluding diaryl/α,β-unsaturated/α-hetero) is 1. The van der Waals surface area contributed by atoms with Gasteiger partial charge in [-0.15, -0.1) is 0 Å². The number of likely N-dealkylation sites (N-methyl/N-ethyl adjacent to an activating group) is 1. The fourth-order valence-electron chi connectivity index (χ4n) is 6.54. The molecule has 2 fully saturated rings. The Morgan fingerprint density at radius 1 is 1.12 bits per heavy atom. The minimum Gasteiger partial charge on any atom is -0.486 e. The monoisotopic (exact) mass is 451 g/mol. The number of anilines is 1. The molecular formula is C25H33N5O3. The van der Waals surface area contributed by atoms with E-state index in [1.807, 2.05) is 0 Å². The van der Waals surface area contributed by atoms with Gasteiger partial charge >= 0.3 is 0 Å². The first kappa shape index (κ1) is 21.1. The van der Waals surface area contributed by atoms with Crippen molar-refractivity contribution in [3.8, 4) is 17.3 Å². The Kier molecular flexibility index (Phi) is 5.16. The van der Waals surface area contributed by atoms with Gasteiger partial charge in [0.1, 0.15) is 12.4 Å². The van der Waals surface area contributed by atoms with Crippen molar-refractivity contribution in [2.75, 3.05) is 31.6 Å². The zero-order valence-corrected chi connectivity index (χ0v) is 19.7. The van der Waals surface area contributed by atoms with Crippen LogP contribution in [0.1, 0.15) is 69.6 Å². The van der Waals surface area contributed by atoms with Crippen molar-refractivity contribution in [2.45, 2.75) is 82.2 Å². The minimum atomic E-state index is -0.484. The summed E-state index contributed by atoms with van der Waals surface area (Å²) in [5.74, 6) is 3.27. The molecule has 1 saturated carbocycles. The van der Waals surface area contributed by atoms with Gasteiger partial charge in [0.25, 0.3) is 0 Å². The van der Waals surface area contributed by atoms with Crippen molar-refractivity contribution >= 4 is 11.6 Å². The summed E-state index contributed by atoms with van der Waals surface area (Å²) in [6, 6.07) is 0.837. The third-order valence-electron chi connectivity index (χ3n) is 8.52. The van der Waals surface area contributed by atoms with Gasteiger partial charge < -0.3 is 19.1 Å². The molecule has 2 aliphatic carbocycles. The molecule has 2 aliphatic heterocycles. The van der Waals surface area contributed by atoms with Gasteiger partial charge in [0, 0.05) is 24.1 Å². The van der Waals surface area contributed by atoms with E-state index in [9.17, 15) is 4.79 Å². The third kappa shape index (κ3) is 3.28. The fraction of sp³-hybridized carbons (Fsp3) is 0.680. The second kappa shape index (κ2) is 8.08. The molecule has 0 unspecified atom stereocenters. The number of piperidine rings is 1. The normalized spacial score (nSPS) is 30.1. The number of fused-ring (bicyclic) bond motifs is 3. The minimum absolute atomic E-state index is 0.318. The highest BCUT2D eigenvalue weighted by molar-refractivity contribution is 5.91. The molecule has 1 spiro atoms. The lowest BCUT2D eigenvalue weighted by Crippen LogP contribution is -2.55. The summed E-state index contributed by atoms with van der Waals surface area (Å²) in [4.78, 5) is 27.5. The van der Waals surface area contributed by atoms with Crippen molar-refractivity contribution in [1.82, 2.24) is 20.0 Å². The number of likely N-dealkylation sites (tertiary alicyclic amines) is 1. The van der Waals surface area contributed by atoms with E-state index in [4.69, 9.17) is 14.2 Å². The summed E-state index contributed by atoms with van der Waals surface area (Å²) in [6.07, 6.45) is 10.4. The SMILES string of the molecule is C[C@@H]1[C@H](N2CCOc3cnc(-c4noc5c4CCC[C@@]54CCCCC4=O)nc32)CCCN1C. The van der Waals surface area contributed by atoms with Gasteiger partial charge in [-0.25, -0.2) is 9.97 Å². The molecule has 8 nitrogen and oxygen atoms in total. The van der Waals surface area contributed by atoms with Crippen LogP contribution in [-0.2, 0) is 16.6 Å². The lowest BCUT2D eigenvalue weighted by molar-refractivity contribution is -0.128. The van der Waals surface area contributed by atoms with Crippen LogP contribution in [0.5, 0.6) is 5.75 Å². The van der Waals surface area contributed by atoms with E-state index in [1.54, 1.807) is 6.20 Å². The average Bonchev–Trinajstić information content (AvgIpc) is 3.28. The Labute approximate surface area is 194 Å². The Hall–Kier alpha value is -2.48. The largest absolute Gasteiger partial charge is 0.486 e.